The van der Waals surface area contributed by atoms with E-state index in [1.54, 1.807) is 0 Å². The smallest absolute Gasteiger partial charge is 0.00241 e. The molecule has 3 aliphatic carbocycles. The van der Waals surface area contributed by atoms with Crippen molar-refractivity contribution in [3.63, 3.8) is 0 Å². The molecular weight excluding hydrogens is 144 g/mol. The fraction of sp³-hybridized carbons (Fsp3) is 0.667. The van der Waals surface area contributed by atoms with Gasteiger partial charge >= 0.3 is 0 Å². The van der Waals surface area contributed by atoms with E-state index in [0.29, 0.717) is 10.8 Å². The third-order valence-electron chi connectivity index (χ3n) is 4.42. The maximum Gasteiger partial charge on any atom is -0.00241 e. The van der Waals surface area contributed by atoms with E-state index in [-0.39, 0.29) is 0 Å². The van der Waals surface area contributed by atoms with Crippen LogP contribution < -0.4 is 0 Å². The second-order valence-electron chi connectivity index (χ2n) is 4.74. The van der Waals surface area contributed by atoms with Gasteiger partial charge in [-0.15, -0.1) is 0 Å². The number of hydrogen-bond acceptors (Lipinski definition) is 0. The van der Waals surface area contributed by atoms with Crippen LogP contribution in [-0.2, 0) is 0 Å². The largest absolute Gasteiger partial charge is 0.0775 e. The first-order valence-electron chi connectivity index (χ1n) is 5.24. The van der Waals surface area contributed by atoms with E-state index >= 15 is 0 Å². The van der Waals surface area contributed by atoms with Crippen molar-refractivity contribution in [2.45, 2.75) is 38.5 Å². The lowest BCUT2D eigenvalue weighted by Gasteiger charge is -2.38. The van der Waals surface area contributed by atoms with E-state index < -0.39 is 0 Å². The quantitative estimate of drug-likeness (QED) is 0.509. The van der Waals surface area contributed by atoms with Crippen molar-refractivity contribution in [3.8, 4) is 0 Å². The van der Waals surface area contributed by atoms with Crippen LogP contribution in [0.4, 0.5) is 0 Å². The molecule has 64 valence electrons. The van der Waals surface area contributed by atoms with Crippen molar-refractivity contribution >= 4 is 0 Å². The molecule has 0 aromatic carbocycles. The number of rotatable bonds is 0. The molecule has 2 saturated carbocycles. The van der Waals surface area contributed by atoms with Gasteiger partial charge in [-0.25, -0.2) is 0 Å². The molecule has 0 aromatic heterocycles. The molecule has 2 fully saturated rings. The lowest BCUT2D eigenvalue weighted by Crippen LogP contribution is -2.29. The van der Waals surface area contributed by atoms with Gasteiger partial charge in [0.2, 0.25) is 0 Å². The molecule has 12 heavy (non-hydrogen) atoms. The van der Waals surface area contributed by atoms with Crippen molar-refractivity contribution in [2.24, 2.45) is 10.8 Å². The Balaban J connectivity index is 2.14. The summed E-state index contributed by atoms with van der Waals surface area (Å²) in [5, 5.41) is 0. The monoisotopic (exact) mass is 160 g/mol. The summed E-state index contributed by atoms with van der Waals surface area (Å²) in [6, 6.07) is 0. The predicted octanol–water partition coefficient (Wildman–Crippen LogP) is 3.45. The van der Waals surface area contributed by atoms with Crippen LogP contribution in [0, 0.1) is 10.8 Å². The fourth-order valence-corrected chi connectivity index (χ4v) is 3.83. The Hall–Kier alpha value is -0.520. The Morgan fingerprint density at radius 1 is 0.667 bits per heavy atom. The molecule has 0 spiro atoms. The van der Waals surface area contributed by atoms with Gasteiger partial charge in [0, 0.05) is 0 Å². The Labute approximate surface area is 74.4 Å². The van der Waals surface area contributed by atoms with Gasteiger partial charge in [0.15, 0.2) is 0 Å². The van der Waals surface area contributed by atoms with Crippen LogP contribution in [0.1, 0.15) is 38.5 Å². The summed E-state index contributed by atoms with van der Waals surface area (Å²) in [6.45, 7) is 0. The van der Waals surface area contributed by atoms with E-state index in [0.717, 1.165) is 0 Å². The third kappa shape index (κ3) is 0.608. The predicted molar refractivity (Wildman–Crippen MR) is 50.8 cm³/mol. The molecule has 3 rings (SSSR count). The average molecular weight is 160 g/mol. The Kier molecular flexibility index (Phi) is 1.18. The standard InChI is InChI=1S/C12H16/c1-2-6-12-9-3-7-11(12,5-1)8-4-10-12/h1-2,5-6H,3-4,7-10H2. The van der Waals surface area contributed by atoms with Gasteiger partial charge in [0.25, 0.3) is 0 Å². The molecule has 0 radical (unpaired) electrons. The minimum atomic E-state index is 0.613. The number of allylic oxidation sites excluding steroid dienone is 4. The first-order valence-corrected chi connectivity index (χ1v) is 5.24. The van der Waals surface area contributed by atoms with E-state index in [1.165, 1.54) is 38.5 Å². The van der Waals surface area contributed by atoms with Crippen LogP contribution in [0.25, 0.3) is 0 Å². The van der Waals surface area contributed by atoms with Gasteiger partial charge in [-0.3, -0.25) is 0 Å². The Bertz CT molecular complexity index is 221. The molecular formula is C12H16. The summed E-state index contributed by atoms with van der Waals surface area (Å²) in [4.78, 5) is 0. The van der Waals surface area contributed by atoms with Crippen LogP contribution >= 0.6 is 0 Å². The zero-order valence-corrected chi connectivity index (χ0v) is 7.55. The van der Waals surface area contributed by atoms with Gasteiger partial charge < -0.3 is 0 Å². The van der Waals surface area contributed by atoms with E-state index in [1.807, 2.05) is 0 Å². The lowest BCUT2D eigenvalue weighted by atomic mass is 9.66. The molecule has 0 aliphatic heterocycles. The second-order valence-corrected chi connectivity index (χ2v) is 4.74. The van der Waals surface area contributed by atoms with Crippen LogP contribution in [0.5, 0.6) is 0 Å². The molecule has 0 heterocycles. The summed E-state index contributed by atoms with van der Waals surface area (Å²) in [6.07, 6.45) is 18.3. The van der Waals surface area contributed by atoms with Crippen molar-refractivity contribution in [1.29, 1.82) is 0 Å². The minimum Gasteiger partial charge on any atom is -0.0775 e. The van der Waals surface area contributed by atoms with Gasteiger partial charge in [0.1, 0.15) is 0 Å². The van der Waals surface area contributed by atoms with Crippen molar-refractivity contribution < 1.29 is 0 Å². The van der Waals surface area contributed by atoms with E-state index in [9.17, 15) is 0 Å². The maximum atomic E-state index is 2.51. The SMILES string of the molecule is C1=CC23CCCC2(C=C1)CCC3. The van der Waals surface area contributed by atoms with Crippen LogP contribution in [0.2, 0.25) is 0 Å². The molecule has 0 nitrogen and oxygen atoms in total. The van der Waals surface area contributed by atoms with Gasteiger partial charge in [-0.1, -0.05) is 37.1 Å². The highest BCUT2D eigenvalue weighted by Crippen LogP contribution is 2.65. The highest BCUT2D eigenvalue weighted by molar-refractivity contribution is 5.29. The number of hydrogen-bond donors (Lipinski definition) is 0. The normalized spacial score (nSPS) is 49.3. The first kappa shape index (κ1) is 6.94. The zero-order valence-electron chi connectivity index (χ0n) is 7.55. The fourth-order valence-electron chi connectivity index (χ4n) is 3.83. The summed E-state index contributed by atoms with van der Waals surface area (Å²) in [7, 11) is 0. The second kappa shape index (κ2) is 2.04. The Morgan fingerprint density at radius 3 is 1.50 bits per heavy atom. The van der Waals surface area contributed by atoms with Crippen molar-refractivity contribution in [3.05, 3.63) is 24.3 Å². The molecule has 0 heteroatoms. The Morgan fingerprint density at radius 2 is 1.08 bits per heavy atom. The summed E-state index contributed by atoms with van der Waals surface area (Å²) in [5.74, 6) is 0. The van der Waals surface area contributed by atoms with Crippen LogP contribution in [0.15, 0.2) is 24.3 Å². The maximum absolute atomic E-state index is 2.51. The molecule has 0 unspecified atom stereocenters. The van der Waals surface area contributed by atoms with Gasteiger partial charge in [-0.05, 0) is 36.5 Å². The van der Waals surface area contributed by atoms with Crippen molar-refractivity contribution in [2.75, 3.05) is 0 Å². The van der Waals surface area contributed by atoms with Crippen LogP contribution in [0.3, 0.4) is 0 Å². The van der Waals surface area contributed by atoms with E-state index in [4.69, 9.17) is 0 Å². The topological polar surface area (TPSA) is 0 Å². The molecule has 0 bridgehead atoms. The minimum absolute atomic E-state index is 0.613. The highest BCUT2D eigenvalue weighted by Gasteiger charge is 2.54. The summed E-state index contributed by atoms with van der Waals surface area (Å²) >= 11 is 0. The molecule has 0 aromatic rings. The third-order valence-corrected chi connectivity index (χ3v) is 4.42. The van der Waals surface area contributed by atoms with Crippen molar-refractivity contribution in [1.82, 2.24) is 0 Å². The zero-order chi connectivity index (χ0) is 8.07. The summed E-state index contributed by atoms with van der Waals surface area (Å²) < 4.78 is 0. The molecule has 0 atom stereocenters. The van der Waals surface area contributed by atoms with Gasteiger partial charge in [-0.2, -0.15) is 0 Å². The van der Waals surface area contributed by atoms with Gasteiger partial charge in [0.05, 0.1) is 0 Å². The molecule has 3 aliphatic rings. The summed E-state index contributed by atoms with van der Waals surface area (Å²) in [5.41, 5.74) is 1.23. The van der Waals surface area contributed by atoms with E-state index in [2.05, 4.69) is 24.3 Å². The lowest BCUT2D eigenvalue weighted by molar-refractivity contribution is 0.229. The van der Waals surface area contributed by atoms with Crippen LogP contribution in [-0.4, -0.2) is 0 Å². The first-order chi connectivity index (χ1) is 5.87. The molecule has 0 N–H and O–H groups in total. The molecule has 0 saturated heterocycles. The average Bonchev–Trinajstić information content (AvgIpc) is 2.57. The molecule has 0 amide bonds. The highest BCUT2D eigenvalue weighted by atomic mass is 14.6.